The number of amides is 2. The number of carbonyl (C=O) groups is 2. The molecule has 208 valence electrons. The van der Waals surface area contributed by atoms with Crippen molar-refractivity contribution in [1.82, 2.24) is 14.1 Å². The summed E-state index contributed by atoms with van der Waals surface area (Å²) in [4.78, 5) is 29.8. The molecule has 3 rings (SSSR count). The lowest BCUT2D eigenvalue weighted by atomic mass is 10.0. The van der Waals surface area contributed by atoms with Crippen molar-refractivity contribution in [3.05, 3.63) is 69.5 Å². The molecule has 0 atom stereocenters. The van der Waals surface area contributed by atoms with E-state index in [0.717, 1.165) is 4.31 Å². The van der Waals surface area contributed by atoms with Crippen LogP contribution in [0.4, 0.5) is 4.39 Å². The van der Waals surface area contributed by atoms with Crippen molar-refractivity contribution in [1.29, 1.82) is 0 Å². The fraction of sp³-hybridized carbons (Fsp3) is 0.462. The molecule has 1 aliphatic heterocycles. The Morgan fingerprint density at radius 2 is 1.82 bits per heavy atom. The third-order valence-corrected chi connectivity index (χ3v) is 9.10. The van der Waals surface area contributed by atoms with Crippen molar-refractivity contribution in [2.75, 3.05) is 45.6 Å². The third-order valence-electron chi connectivity index (χ3n) is 6.54. The molecule has 2 amide bonds. The van der Waals surface area contributed by atoms with Gasteiger partial charge in [-0.3, -0.25) is 9.59 Å². The monoisotopic (exact) mass is 587 g/mol. The summed E-state index contributed by atoms with van der Waals surface area (Å²) in [6.07, 6.45) is 0.958. The van der Waals surface area contributed by atoms with Gasteiger partial charge in [-0.15, -0.1) is 0 Å². The number of rotatable bonds is 11. The average molecular weight is 589 g/mol. The molecule has 1 heterocycles. The van der Waals surface area contributed by atoms with E-state index >= 15 is 0 Å². The van der Waals surface area contributed by atoms with Crippen molar-refractivity contribution in [2.45, 2.75) is 32.4 Å². The number of methoxy groups -OCH3 is 1. The maximum Gasteiger partial charge on any atom is 0.253 e. The number of hydrogen-bond donors (Lipinski definition) is 0. The topological polar surface area (TPSA) is 87.2 Å². The first kappa shape index (κ1) is 30.3. The van der Waals surface area contributed by atoms with Crippen LogP contribution in [0, 0.1) is 5.82 Å². The van der Waals surface area contributed by atoms with Gasteiger partial charge in [-0.1, -0.05) is 35.3 Å². The van der Waals surface area contributed by atoms with Crippen molar-refractivity contribution >= 4 is 45.0 Å². The van der Waals surface area contributed by atoms with Gasteiger partial charge in [-0.05, 0) is 55.7 Å². The minimum absolute atomic E-state index is 0.0445. The Kier molecular flexibility index (Phi) is 10.9. The van der Waals surface area contributed by atoms with E-state index in [1.54, 1.807) is 34.1 Å². The standard InChI is InChI=1S/C26H32Cl2FN3O5S/c1-3-38(35,36)31(13-14-37-2)18-25(33)32(17-19-5-4-6-21(29)15-19)22-9-11-30(12-10-22)26(34)20-7-8-23(27)24(28)16-20/h4-8,15-16,22H,3,9-14,17-18H2,1-2H3. The van der Waals surface area contributed by atoms with E-state index < -0.39 is 21.7 Å². The Morgan fingerprint density at radius 1 is 1.11 bits per heavy atom. The van der Waals surface area contributed by atoms with Crippen LogP contribution in [0.2, 0.25) is 10.0 Å². The molecule has 1 aliphatic rings. The molecular weight excluding hydrogens is 556 g/mol. The number of carbonyl (C=O) groups excluding carboxylic acids is 2. The Labute approximate surface area is 233 Å². The number of ether oxygens (including phenoxy) is 1. The van der Waals surface area contributed by atoms with Crippen LogP contribution in [0.3, 0.4) is 0 Å². The molecule has 8 nitrogen and oxygen atoms in total. The number of piperidine rings is 1. The molecule has 0 unspecified atom stereocenters. The smallest absolute Gasteiger partial charge is 0.253 e. The van der Waals surface area contributed by atoms with E-state index in [1.807, 2.05) is 0 Å². The first-order valence-electron chi connectivity index (χ1n) is 12.3. The summed E-state index contributed by atoms with van der Waals surface area (Å²) in [7, 11) is -2.20. The lowest BCUT2D eigenvalue weighted by Crippen LogP contribution is -2.51. The Balaban J connectivity index is 1.78. The summed E-state index contributed by atoms with van der Waals surface area (Å²) in [5, 5.41) is 0.650. The van der Waals surface area contributed by atoms with E-state index in [1.165, 1.54) is 32.2 Å². The van der Waals surface area contributed by atoms with Crippen LogP contribution < -0.4 is 0 Å². The number of hydrogen-bond acceptors (Lipinski definition) is 5. The second-order valence-corrected chi connectivity index (χ2v) is 12.1. The Bertz CT molecular complexity index is 1240. The normalized spacial score (nSPS) is 14.6. The van der Waals surface area contributed by atoms with Crippen molar-refractivity contribution in [3.8, 4) is 0 Å². The fourth-order valence-corrected chi connectivity index (χ4v) is 5.70. The summed E-state index contributed by atoms with van der Waals surface area (Å²) in [6, 6.07) is 10.4. The van der Waals surface area contributed by atoms with Gasteiger partial charge in [0, 0.05) is 44.9 Å². The second-order valence-electron chi connectivity index (χ2n) is 9.03. The van der Waals surface area contributed by atoms with Gasteiger partial charge in [0.1, 0.15) is 5.82 Å². The Hall–Kier alpha value is -2.24. The number of nitrogens with zero attached hydrogens (tertiary/aromatic N) is 3. The number of benzene rings is 2. The van der Waals surface area contributed by atoms with Crippen molar-refractivity contribution < 1.29 is 27.1 Å². The number of halogens is 3. The first-order chi connectivity index (χ1) is 18.1. The Morgan fingerprint density at radius 3 is 2.42 bits per heavy atom. The van der Waals surface area contributed by atoms with Crippen LogP contribution in [0.25, 0.3) is 0 Å². The highest BCUT2D eigenvalue weighted by atomic mass is 35.5. The van der Waals surface area contributed by atoms with E-state index in [-0.39, 0.29) is 43.9 Å². The zero-order valence-electron chi connectivity index (χ0n) is 21.4. The fourth-order valence-electron chi connectivity index (χ4n) is 4.38. The van der Waals surface area contributed by atoms with Gasteiger partial charge in [-0.2, -0.15) is 4.31 Å². The largest absolute Gasteiger partial charge is 0.383 e. The summed E-state index contributed by atoms with van der Waals surface area (Å²) in [6.45, 7) is 2.25. The number of sulfonamides is 1. The number of likely N-dealkylation sites (tertiary alicyclic amines) is 1. The molecule has 0 spiro atoms. The molecule has 12 heteroatoms. The zero-order valence-corrected chi connectivity index (χ0v) is 23.7. The SMILES string of the molecule is CCS(=O)(=O)N(CCOC)CC(=O)N(Cc1cccc(F)c1)C1CCN(C(=O)c2ccc(Cl)c(Cl)c2)CC1. The second kappa shape index (κ2) is 13.7. The van der Waals surface area contributed by atoms with Gasteiger partial charge in [0.2, 0.25) is 15.9 Å². The predicted molar refractivity (Wildman–Crippen MR) is 145 cm³/mol. The molecule has 0 aromatic heterocycles. The summed E-state index contributed by atoms with van der Waals surface area (Å²) in [5.74, 6) is -1.16. The van der Waals surface area contributed by atoms with Crippen LogP contribution in [0.1, 0.15) is 35.7 Å². The predicted octanol–water partition coefficient (Wildman–Crippen LogP) is 4.06. The van der Waals surface area contributed by atoms with Crippen LogP contribution >= 0.6 is 23.2 Å². The molecule has 1 fully saturated rings. The third kappa shape index (κ3) is 7.89. The van der Waals surface area contributed by atoms with Gasteiger partial charge < -0.3 is 14.5 Å². The molecule has 0 aliphatic carbocycles. The highest BCUT2D eigenvalue weighted by Crippen LogP contribution is 2.25. The lowest BCUT2D eigenvalue weighted by Gasteiger charge is -2.39. The molecule has 1 saturated heterocycles. The molecule has 2 aromatic rings. The maximum absolute atomic E-state index is 13.9. The van der Waals surface area contributed by atoms with Crippen LogP contribution in [0.5, 0.6) is 0 Å². The molecular formula is C26H32Cl2FN3O5S. The van der Waals surface area contributed by atoms with Gasteiger partial charge in [0.05, 0.1) is 28.9 Å². The highest BCUT2D eigenvalue weighted by Gasteiger charge is 2.32. The first-order valence-corrected chi connectivity index (χ1v) is 14.7. The minimum Gasteiger partial charge on any atom is -0.383 e. The van der Waals surface area contributed by atoms with Crippen LogP contribution in [0.15, 0.2) is 42.5 Å². The molecule has 0 bridgehead atoms. The van der Waals surface area contributed by atoms with Crippen LogP contribution in [-0.2, 0) is 26.1 Å². The van der Waals surface area contributed by atoms with E-state index in [2.05, 4.69) is 0 Å². The molecule has 2 aromatic carbocycles. The van der Waals surface area contributed by atoms with Crippen molar-refractivity contribution in [3.63, 3.8) is 0 Å². The quantitative estimate of drug-likeness (QED) is 0.395. The minimum atomic E-state index is -3.66. The molecule has 38 heavy (non-hydrogen) atoms. The van der Waals surface area contributed by atoms with E-state index in [4.69, 9.17) is 27.9 Å². The van der Waals surface area contributed by atoms with Crippen molar-refractivity contribution in [2.24, 2.45) is 0 Å². The van der Waals surface area contributed by atoms with Gasteiger partial charge >= 0.3 is 0 Å². The molecule has 0 saturated carbocycles. The maximum atomic E-state index is 13.9. The average Bonchev–Trinajstić information content (AvgIpc) is 2.90. The zero-order chi connectivity index (χ0) is 27.9. The van der Waals surface area contributed by atoms with Gasteiger partial charge in [-0.25, -0.2) is 12.8 Å². The molecule has 0 N–H and O–H groups in total. The molecule has 0 radical (unpaired) electrons. The summed E-state index contributed by atoms with van der Waals surface area (Å²) >= 11 is 12.0. The van der Waals surface area contributed by atoms with E-state index in [9.17, 15) is 22.4 Å². The summed E-state index contributed by atoms with van der Waals surface area (Å²) in [5.41, 5.74) is 1.01. The lowest BCUT2D eigenvalue weighted by molar-refractivity contribution is -0.135. The summed E-state index contributed by atoms with van der Waals surface area (Å²) < 4.78 is 45.3. The van der Waals surface area contributed by atoms with Gasteiger partial charge in [0.25, 0.3) is 5.91 Å². The van der Waals surface area contributed by atoms with Gasteiger partial charge in [0.15, 0.2) is 0 Å². The van der Waals surface area contributed by atoms with E-state index in [0.29, 0.717) is 47.1 Å². The highest BCUT2D eigenvalue weighted by molar-refractivity contribution is 7.89. The van der Waals surface area contributed by atoms with Crippen LogP contribution in [-0.4, -0.2) is 86.0 Å².